The van der Waals surface area contributed by atoms with E-state index in [1.54, 1.807) is 7.05 Å². The number of rotatable bonds is 11. The largest absolute Gasteiger partial charge is 0.416 e. The van der Waals surface area contributed by atoms with E-state index in [0.717, 1.165) is 47.4 Å². The number of likely N-dealkylation sites (N-methyl/N-ethyl adjacent to an activating group) is 1. The zero-order chi connectivity index (χ0) is 27.1. The molecule has 0 aliphatic heterocycles. The second kappa shape index (κ2) is 15.5. The van der Waals surface area contributed by atoms with Crippen molar-refractivity contribution in [1.29, 1.82) is 0 Å². The molecule has 2 amide bonds. The summed E-state index contributed by atoms with van der Waals surface area (Å²) in [5, 5.41) is 0. The van der Waals surface area contributed by atoms with E-state index < -0.39 is 35.6 Å². The highest BCUT2D eigenvalue weighted by Gasteiger charge is 2.35. The SMILES string of the molecule is C/C(=C/C(=O)N(C)CCc1ccccc1)N(C=O)Cc1c(F)cccc1C(F)(F)F.NCCCC=O. The summed E-state index contributed by atoms with van der Waals surface area (Å²) in [5.74, 6) is -1.49. The van der Waals surface area contributed by atoms with E-state index >= 15 is 0 Å². The van der Waals surface area contributed by atoms with Crippen LogP contribution >= 0.6 is 0 Å². The van der Waals surface area contributed by atoms with Crippen molar-refractivity contribution >= 4 is 18.6 Å². The van der Waals surface area contributed by atoms with E-state index in [0.29, 0.717) is 25.9 Å². The van der Waals surface area contributed by atoms with Gasteiger partial charge in [0.15, 0.2) is 0 Å². The summed E-state index contributed by atoms with van der Waals surface area (Å²) in [6, 6.07) is 12.1. The second-order valence-corrected chi connectivity index (χ2v) is 7.88. The van der Waals surface area contributed by atoms with Gasteiger partial charge >= 0.3 is 6.18 Å². The number of alkyl halides is 3. The highest BCUT2D eigenvalue weighted by molar-refractivity contribution is 5.88. The van der Waals surface area contributed by atoms with Crippen molar-refractivity contribution < 1.29 is 31.9 Å². The minimum Gasteiger partial charge on any atom is -0.342 e. The lowest BCUT2D eigenvalue weighted by molar-refractivity contribution is -0.139. The highest BCUT2D eigenvalue weighted by Crippen LogP contribution is 2.33. The molecule has 0 spiro atoms. The van der Waals surface area contributed by atoms with Crippen LogP contribution in [0, 0.1) is 5.82 Å². The summed E-state index contributed by atoms with van der Waals surface area (Å²) in [6.45, 7) is 1.80. The van der Waals surface area contributed by atoms with Gasteiger partial charge in [-0.1, -0.05) is 36.4 Å². The van der Waals surface area contributed by atoms with Crippen LogP contribution in [0.25, 0.3) is 0 Å². The minimum atomic E-state index is -4.77. The summed E-state index contributed by atoms with van der Waals surface area (Å²) < 4.78 is 53.6. The lowest BCUT2D eigenvalue weighted by Gasteiger charge is -2.22. The molecule has 0 fully saturated rings. The second-order valence-electron chi connectivity index (χ2n) is 7.88. The first-order valence-electron chi connectivity index (χ1n) is 11.2. The van der Waals surface area contributed by atoms with Gasteiger partial charge in [-0.2, -0.15) is 13.2 Å². The molecule has 0 saturated carbocycles. The average Bonchev–Trinajstić information content (AvgIpc) is 2.85. The summed E-state index contributed by atoms with van der Waals surface area (Å²) in [5.41, 5.74) is 4.40. The molecule has 2 aromatic carbocycles. The van der Waals surface area contributed by atoms with Gasteiger partial charge in [0.2, 0.25) is 12.3 Å². The van der Waals surface area contributed by atoms with Crippen molar-refractivity contribution in [3.8, 4) is 0 Å². The molecule has 10 heteroatoms. The van der Waals surface area contributed by atoms with E-state index in [4.69, 9.17) is 5.73 Å². The third-order valence-corrected chi connectivity index (χ3v) is 5.15. The monoisotopic (exact) mass is 509 g/mol. The molecule has 0 aliphatic carbocycles. The Morgan fingerprint density at radius 2 is 1.72 bits per heavy atom. The number of benzene rings is 2. The van der Waals surface area contributed by atoms with Crippen LogP contribution in [0.1, 0.15) is 36.5 Å². The molecular weight excluding hydrogens is 478 g/mol. The average molecular weight is 510 g/mol. The third-order valence-electron chi connectivity index (χ3n) is 5.15. The maximum atomic E-state index is 14.1. The number of halogens is 4. The zero-order valence-electron chi connectivity index (χ0n) is 20.3. The Hall–Kier alpha value is -3.53. The number of allylic oxidation sites excluding steroid dienone is 1. The van der Waals surface area contributed by atoms with Crippen LogP contribution < -0.4 is 5.73 Å². The number of hydrogen-bond acceptors (Lipinski definition) is 4. The first kappa shape index (κ1) is 30.5. The topological polar surface area (TPSA) is 83.7 Å². The van der Waals surface area contributed by atoms with E-state index in [2.05, 4.69) is 0 Å². The predicted octanol–water partition coefficient (Wildman–Crippen LogP) is 4.33. The van der Waals surface area contributed by atoms with Gasteiger partial charge in [0.05, 0.1) is 12.1 Å². The fourth-order valence-electron chi connectivity index (χ4n) is 3.03. The molecule has 0 radical (unpaired) electrons. The Labute approximate surface area is 208 Å². The summed E-state index contributed by atoms with van der Waals surface area (Å²) in [6.07, 6.45) is -0.412. The molecule has 0 saturated heterocycles. The molecule has 2 aromatic rings. The predicted molar refractivity (Wildman–Crippen MR) is 129 cm³/mol. The normalized spacial score (nSPS) is 11.2. The smallest absolute Gasteiger partial charge is 0.342 e. The van der Waals surface area contributed by atoms with E-state index in [9.17, 15) is 31.9 Å². The van der Waals surface area contributed by atoms with Gasteiger partial charge in [0.25, 0.3) is 0 Å². The lowest BCUT2D eigenvalue weighted by Crippen LogP contribution is -2.29. The number of carbonyl (C=O) groups is 3. The van der Waals surface area contributed by atoms with Crippen molar-refractivity contribution in [2.75, 3.05) is 20.1 Å². The number of aldehydes is 1. The van der Waals surface area contributed by atoms with E-state index in [-0.39, 0.29) is 12.1 Å². The van der Waals surface area contributed by atoms with Gasteiger partial charge in [-0.25, -0.2) is 4.39 Å². The standard InChI is InChI=1S/C22H22F4N2O2.C4H9NO/c1-16(13-21(30)27(2)12-11-17-7-4-3-5-8-17)28(15-29)14-18-19(22(24,25)26)9-6-10-20(18)23;5-3-1-2-4-6/h3-10,13,15H,11-12,14H2,1-2H3;4H,1-3,5H2/b16-13-;. The van der Waals surface area contributed by atoms with Crippen LogP contribution in [-0.4, -0.2) is 48.5 Å². The number of hydrogen-bond donors (Lipinski definition) is 1. The zero-order valence-corrected chi connectivity index (χ0v) is 20.3. The highest BCUT2D eigenvalue weighted by atomic mass is 19.4. The molecule has 0 bridgehead atoms. The number of nitrogens with zero attached hydrogens (tertiary/aromatic N) is 2. The summed E-state index contributed by atoms with van der Waals surface area (Å²) in [4.78, 5) is 35.6. The Kier molecular flexibility index (Phi) is 13.1. The van der Waals surface area contributed by atoms with Crippen LogP contribution in [0.3, 0.4) is 0 Å². The molecule has 0 atom stereocenters. The number of carbonyl (C=O) groups excluding carboxylic acids is 3. The lowest BCUT2D eigenvalue weighted by atomic mass is 10.1. The van der Waals surface area contributed by atoms with Crippen LogP contribution in [-0.2, 0) is 33.5 Å². The maximum Gasteiger partial charge on any atom is 0.416 e. The fraction of sp³-hybridized carbons (Fsp3) is 0.346. The molecular formula is C26H31F4N3O3. The van der Waals surface area contributed by atoms with Crippen molar-refractivity contribution in [3.05, 3.63) is 82.8 Å². The first-order chi connectivity index (χ1) is 17.0. The fourth-order valence-corrected chi connectivity index (χ4v) is 3.03. The van der Waals surface area contributed by atoms with Crippen molar-refractivity contribution in [2.24, 2.45) is 5.73 Å². The Balaban J connectivity index is 0.000000960. The number of unbranched alkanes of at least 4 members (excludes halogenated alkanes) is 1. The molecule has 0 heterocycles. The van der Waals surface area contributed by atoms with E-state index in [1.165, 1.54) is 11.8 Å². The van der Waals surface area contributed by atoms with Crippen LogP contribution in [0.4, 0.5) is 17.6 Å². The first-order valence-corrected chi connectivity index (χ1v) is 11.2. The summed E-state index contributed by atoms with van der Waals surface area (Å²) >= 11 is 0. The number of nitrogens with two attached hydrogens (primary N) is 1. The maximum absolute atomic E-state index is 14.1. The molecule has 2 N–H and O–H groups in total. The van der Waals surface area contributed by atoms with Gasteiger partial charge in [-0.3, -0.25) is 9.59 Å². The van der Waals surface area contributed by atoms with Gasteiger partial charge in [0.1, 0.15) is 12.1 Å². The van der Waals surface area contributed by atoms with Crippen molar-refractivity contribution in [3.63, 3.8) is 0 Å². The van der Waals surface area contributed by atoms with Gasteiger partial charge < -0.3 is 20.3 Å². The van der Waals surface area contributed by atoms with Gasteiger partial charge in [-0.05, 0) is 44.0 Å². The van der Waals surface area contributed by atoms with Crippen molar-refractivity contribution in [2.45, 2.75) is 38.9 Å². The Bertz CT molecular complexity index is 1010. The number of amides is 2. The van der Waals surface area contributed by atoms with Gasteiger partial charge in [0, 0.05) is 37.3 Å². The Morgan fingerprint density at radius 3 is 2.25 bits per heavy atom. The van der Waals surface area contributed by atoms with Crippen molar-refractivity contribution in [1.82, 2.24) is 9.80 Å². The van der Waals surface area contributed by atoms with Gasteiger partial charge in [-0.15, -0.1) is 0 Å². The van der Waals surface area contributed by atoms with E-state index in [1.807, 2.05) is 30.3 Å². The Morgan fingerprint density at radius 1 is 1.06 bits per heavy atom. The molecule has 2 rings (SSSR count). The molecule has 36 heavy (non-hydrogen) atoms. The van der Waals surface area contributed by atoms with Crippen LogP contribution in [0.15, 0.2) is 60.3 Å². The molecule has 6 nitrogen and oxygen atoms in total. The van der Waals surface area contributed by atoms with Crippen LogP contribution in [0.5, 0.6) is 0 Å². The quantitative estimate of drug-likeness (QED) is 0.212. The molecule has 0 aromatic heterocycles. The molecule has 196 valence electrons. The summed E-state index contributed by atoms with van der Waals surface area (Å²) in [7, 11) is 1.58. The third kappa shape index (κ3) is 10.4. The molecule has 0 aliphatic rings. The molecule has 0 unspecified atom stereocenters. The minimum absolute atomic E-state index is 0.109. The van der Waals surface area contributed by atoms with Crippen LogP contribution in [0.2, 0.25) is 0 Å².